The minimum atomic E-state index is 0.0630. The van der Waals surface area contributed by atoms with Gasteiger partial charge >= 0.3 is 0 Å². The third kappa shape index (κ3) is 2.92. The van der Waals surface area contributed by atoms with Gasteiger partial charge in [-0.3, -0.25) is 4.79 Å². The first-order valence-corrected chi connectivity index (χ1v) is 6.18. The molecule has 0 aliphatic carbocycles. The Bertz CT molecular complexity index is 431. The van der Waals surface area contributed by atoms with Crippen molar-refractivity contribution < 1.29 is 9.90 Å². The monoisotopic (exact) mass is 273 g/mol. The normalized spacial score (nSPS) is 15.8. The van der Waals surface area contributed by atoms with Crippen molar-refractivity contribution in [1.29, 1.82) is 0 Å². The molecular weight excluding hydrogens is 261 g/mol. The summed E-state index contributed by atoms with van der Waals surface area (Å²) in [6, 6.07) is 5.21. The van der Waals surface area contributed by atoms with Gasteiger partial charge in [0.1, 0.15) is 0 Å². The first-order chi connectivity index (χ1) is 8.10. The van der Waals surface area contributed by atoms with Crippen molar-refractivity contribution in [2.75, 3.05) is 19.7 Å². The Morgan fingerprint density at radius 2 is 2.06 bits per heavy atom. The average Bonchev–Trinajstić information content (AvgIpc) is 2.22. The van der Waals surface area contributed by atoms with Crippen molar-refractivity contribution >= 4 is 29.1 Å². The zero-order valence-corrected chi connectivity index (χ0v) is 10.7. The second-order valence-corrected chi connectivity index (χ2v) is 5.09. The highest BCUT2D eigenvalue weighted by atomic mass is 35.5. The number of rotatable bonds is 3. The van der Waals surface area contributed by atoms with Crippen LogP contribution in [0.5, 0.6) is 0 Å². The summed E-state index contributed by atoms with van der Waals surface area (Å²) in [6.07, 6.45) is 0.328. The maximum Gasteiger partial charge on any atom is 0.227 e. The lowest BCUT2D eigenvalue weighted by molar-refractivity contribution is -0.137. The van der Waals surface area contributed by atoms with Crippen LogP contribution in [0.2, 0.25) is 10.0 Å². The van der Waals surface area contributed by atoms with E-state index >= 15 is 0 Å². The predicted octanol–water partition coefficient (Wildman–Crippen LogP) is 1.99. The lowest BCUT2D eigenvalue weighted by Gasteiger charge is -2.38. The van der Waals surface area contributed by atoms with E-state index in [9.17, 15) is 4.79 Å². The molecule has 0 unspecified atom stereocenters. The molecule has 1 N–H and O–H groups in total. The Morgan fingerprint density at radius 1 is 1.35 bits per heavy atom. The highest BCUT2D eigenvalue weighted by Gasteiger charge is 2.29. The van der Waals surface area contributed by atoms with Crippen LogP contribution in [0.1, 0.15) is 5.56 Å². The summed E-state index contributed by atoms with van der Waals surface area (Å²) < 4.78 is 0. The van der Waals surface area contributed by atoms with Crippen LogP contribution in [0, 0.1) is 5.92 Å². The Labute approximate surface area is 110 Å². The summed E-state index contributed by atoms with van der Waals surface area (Å²) >= 11 is 11.7. The summed E-state index contributed by atoms with van der Waals surface area (Å²) in [6.45, 7) is 1.45. The fourth-order valence-corrected chi connectivity index (χ4v) is 2.15. The third-order valence-electron chi connectivity index (χ3n) is 2.91. The molecule has 1 fully saturated rings. The molecule has 1 aliphatic heterocycles. The molecule has 92 valence electrons. The maximum atomic E-state index is 11.8. The Hall–Kier alpha value is -0.770. The zero-order chi connectivity index (χ0) is 12.4. The molecule has 3 nitrogen and oxygen atoms in total. The van der Waals surface area contributed by atoms with Gasteiger partial charge in [-0.1, -0.05) is 29.3 Å². The molecule has 0 aromatic heterocycles. The van der Waals surface area contributed by atoms with Crippen LogP contribution in [0.15, 0.2) is 18.2 Å². The molecule has 1 heterocycles. The molecule has 1 amide bonds. The van der Waals surface area contributed by atoms with Crippen LogP contribution in [0.3, 0.4) is 0 Å². The molecule has 1 aromatic rings. The molecule has 0 saturated carbocycles. The SMILES string of the molecule is O=C(Cc1ccc(Cl)c(Cl)c1)N1CC(CO)C1. The minimum Gasteiger partial charge on any atom is -0.396 e. The molecule has 0 bridgehead atoms. The topological polar surface area (TPSA) is 40.5 Å². The molecule has 2 rings (SSSR count). The number of carbonyl (C=O) groups is 1. The van der Waals surface area contributed by atoms with Crippen LogP contribution in [0.25, 0.3) is 0 Å². The lowest BCUT2D eigenvalue weighted by atomic mass is 10.00. The lowest BCUT2D eigenvalue weighted by Crippen LogP contribution is -2.51. The molecule has 0 spiro atoms. The van der Waals surface area contributed by atoms with E-state index in [1.165, 1.54) is 0 Å². The first kappa shape index (κ1) is 12.7. The van der Waals surface area contributed by atoms with E-state index in [0.717, 1.165) is 5.56 Å². The second-order valence-electron chi connectivity index (χ2n) is 4.27. The number of carbonyl (C=O) groups excluding carboxylic acids is 1. The molecular formula is C12H13Cl2NO2. The van der Waals surface area contributed by atoms with Crippen molar-refractivity contribution in [1.82, 2.24) is 4.90 Å². The smallest absolute Gasteiger partial charge is 0.227 e. The maximum absolute atomic E-state index is 11.8. The van der Waals surface area contributed by atoms with Crippen molar-refractivity contribution in [2.24, 2.45) is 5.92 Å². The van der Waals surface area contributed by atoms with Gasteiger partial charge in [-0.05, 0) is 17.7 Å². The van der Waals surface area contributed by atoms with E-state index in [2.05, 4.69) is 0 Å². The summed E-state index contributed by atoms with van der Waals surface area (Å²) in [5.41, 5.74) is 0.858. The van der Waals surface area contributed by atoms with Gasteiger partial charge in [-0.2, -0.15) is 0 Å². The molecule has 5 heteroatoms. The predicted molar refractivity (Wildman–Crippen MR) is 67.3 cm³/mol. The molecule has 0 atom stereocenters. The Kier molecular flexibility index (Phi) is 3.92. The van der Waals surface area contributed by atoms with Crippen LogP contribution in [0.4, 0.5) is 0 Å². The average molecular weight is 274 g/mol. The number of amides is 1. The molecule has 1 saturated heterocycles. The van der Waals surface area contributed by atoms with Gasteiger partial charge in [0.05, 0.1) is 16.5 Å². The number of hydrogen-bond acceptors (Lipinski definition) is 2. The number of aliphatic hydroxyl groups is 1. The number of benzene rings is 1. The van der Waals surface area contributed by atoms with E-state index in [4.69, 9.17) is 28.3 Å². The standard InChI is InChI=1S/C12H13Cl2NO2/c13-10-2-1-8(3-11(10)14)4-12(17)15-5-9(6-15)7-16/h1-3,9,16H,4-7H2. The van der Waals surface area contributed by atoms with Crippen molar-refractivity contribution in [3.8, 4) is 0 Å². The van der Waals surface area contributed by atoms with Gasteiger partial charge in [-0.15, -0.1) is 0 Å². The highest BCUT2D eigenvalue weighted by molar-refractivity contribution is 6.42. The van der Waals surface area contributed by atoms with Crippen molar-refractivity contribution in [2.45, 2.75) is 6.42 Å². The molecule has 17 heavy (non-hydrogen) atoms. The summed E-state index contributed by atoms with van der Waals surface area (Å²) in [5.74, 6) is 0.306. The fraction of sp³-hybridized carbons (Fsp3) is 0.417. The highest BCUT2D eigenvalue weighted by Crippen LogP contribution is 2.23. The van der Waals surface area contributed by atoms with Crippen LogP contribution in [-0.4, -0.2) is 35.6 Å². The van der Waals surface area contributed by atoms with E-state index in [1.807, 2.05) is 0 Å². The number of nitrogens with zero attached hydrogens (tertiary/aromatic N) is 1. The minimum absolute atomic E-state index is 0.0630. The Morgan fingerprint density at radius 3 is 2.65 bits per heavy atom. The van der Waals surface area contributed by atoms with E-state index in [1.54, 1.807) is 23.1 Å². The third-order valence-corrected chi connectivity index (χ3v) is 3.65. The quantitative estimate of drug-likeness (QED) is 0.915. The van der Waals surface area contributed by atoms with E-state index in [-0.39, 0.29) is 18.4 Å². The molecule has 1 aromatic carbocycles. The largest absolute Gasteiger partial charge is 0.396 e. The van der Waals surface area contributed by atoms with Crippen molar-refractivity contribution in [3.05, 3.63) is 33.8 Å². The van der Waals surface area contributed by atoms with Gasteiger partial charge in [0.2, 0.25) is 5.91 Å². The number of halogens is 2. The van der Waals surface area contributed by atoms with Crippen LogP contribution >= 0.6 is 23.2 Å². The zero-order valence-electron chi connectivity index (χ0n) is 9.20. The van der Waals surface area contributed by atoms with Gasteiger partial charge in [-0.25, -0.2) is 0 Å². The number of likely N-dealkylation sites (tertiary alicyclic amines) is 1. The van der Waals surface area contributed by atoms with E-state index < -0.39 is 0 Å². The van der Waals surface area contributed by atoms with Gasteiger partial charge < -0.3 is 10.0 Å². The second kappa shape index (κ2) is 5.25. The summed E-state index contributed by atoms with van der Waals surface area (Å²) in [5, 5.41) is 9.83. The van der Waals surface area contributed by atoms with Crippen LogP contribution < -0.4 is 0 Å². The number of hydrogen-bond donors (Lipinski definition) is 1. The van der Waals surface area contributed by atoms with E-state index in [0.29, 0.717) is 29.6 Å². The van der Waals surface area contributed by atoms with Crippen molar-refractivity contribution in [3.63, 3.8) is 0 Å². The van der Waals surface area contributed by atoms with Gasteiger partial charge in [0, 0.05) is 25.6 Å². The first-order valence-electron chi connectivity index (χ1n) is 5.42. The number of aliphatic hydroxyl groups excluding tert-OH is 1. The molecule has 1 aliphatic rings. The van der Waals surface area contributed by atoms with Crippen LogP contribution in [-0.2, 0) is 11.2 Å². The fourth-order valence-electron chi connectivity index (χ4n) is 1.82. The van der Waals surface area contributed by atoms with Gasteiger partial charge in [0.25, 0.3) is 0 Å². The summed E-state index contributed by atoms with van der Waals surface area (Å²) in [7, 11) is 0. The Balaban J connectivity index is 1.92. The summed E-state index contributed by atoms with van der Waals surface area (Å²) in [4.78, 5) is 13.6. The molecule has 0 radical (unpaired) electrons. The van der Waals surface area contributed by atoms with Gasteiger partial charge in [0.15, 0.2) is 0 Å².